The van der Waals surface area contributed by atoms with E-state index in [-0.39, 0.29) is 23.5 Å². The zero-order chi connectivity index (χ0) is 56.6. The van der Waals surface area contributed by atoms with E-state index in [9.17, 15) is 96.9 Å². The molecular formula is C44H68N2O32. The monoisotopic (exact) mass is 1140 g/mol. The zero-order valence-corrected chi connectivity index (χ0v) is 41.2. The number of aliphatic hydroxyl groups excluding tert-OH is 17. The molecule has 446 valence electrons. The molecule has 22 fully saturated rings. The molecule has 0 spiro atoms. The molecule has 22 aliphatic rings. The lowest BCUT2D eigenvalue weighted by atomic mass is 9.94. The van der Waals surface area contributed by atoms with Gasteiger partial charge in [0.05, 0.1) is 51.2 Å². The molecule has 0 aromatic heterocycles. The molecule has 12 bridgehead atoms. The summed E-state index contributed by atoms with van der Waals surface area (Å²) in [5, 5.41) is 203. The molecule has 34 heteroatoms. The predicted octanol–water partition coefficient (Wildman–Crippen LogP) is -10.9. The van der Waals surface area contributed by atoms with Crippen LogP contribution in [0.3, 0.4) is 0 Å². The van der Waals surface area contributed by atoms with Crippen LogP contribution in [0, 0.1) is 10.1 Å². The second kappa shape index (κ2) is 26.2. The Kier molecular flexibility index (Phi) is 20.6. The van der Waals surface area contributed by atoms with Crippen LogP contribution in [0.2, 0.25) is 0 Å². The Morgan fingerprint density at radius 1 is 0.423 bits per heavy atom. The summed E-state index contributed by atoms with van der Waals surface area (Å²) in [6.45, 7) is -6.17. The number of benzene rings is 1. The van der Waals surface area contributed by atoms with Crippen LogP contribution < -0.4 is 5.32 Å². The fourth-order valence-corrected chi connectivity index (χ4v) is 10.2. The van der Waals surface area contributed by atoms with Crippen LogP contribution in [-0.2, 0) is 68.2 Å². The molecule has 30 atom stereocenters. The minimum atomic E-state index is -2.21. The maximum atomic E-state index is 11.8. The van der Waals surface area contributed by atoms with Crippen LogP contribution in [0.15, 0.2) is 18.2 Å². The van der Waals surface area contributed by atoms with Gasteiger partial charge in [0.15, 0.2) is 37.7 Å². The Morgan fingerprint density at radius 3 is 0.923 bits per heavy atom. The first-order valence-electron chi connectivity index (χ1n) is 24.8. The van der Waals surface area contributed by atoms with Crippen molar-refractivity contribution in [1.29, 1.82) is 0 Å². The van der Waals surface area contributed by atoms with Gasteiger partial charge in [0.1, 0.15) is 152 Å². The van der Waals surface area contributed by atoms with Crippen molar-refractivity contribution in [3.05, 3.63) is 33.9 Å². The van der Waals surface area contributed by atoms with E-state index in [2.05, 4.69) is 5.32 Å². The highest BCUT2D eigenvalue weighted by atomic mass is 16.8. The van der Waals surface area contributed by atoms with Crippen molar-refractivity contribution in [3.63, 3.8) is 0 Å². The summed E-state index contributed by atoms with van der Waals surface area (Å²) in [6.07, 6.45) is -59.7. The van der Waals surface area contributed by atoms with E-state index >= 15 is 0 Å². The van der Waals surface area contributed by atoms with Gasteiger partial charge in [-0.05, 0) is 11.6 Å². The number of nitrogens with one attached hydrogen (secondary N) is 1. The lowest BCUT2D eigenvalue weighted by molar-refractivity contribution is -0.404. The predicted molar refractivity (Wildman–Crippen MR) is 241 cm³/mol. The first-order valence-corrected chi connectivity index (χ1v) is 24.8. The second-order valence-electron chi connectivity index (χ2n) is 19.5. The van der Waals surface area contributed by atoms with Gasteiger partial charge in [-0.15, -0.1) is 0 Å². The maximum absolute atomic E-state index is 11.8. The highest BCUT2D eigenvalue weighted by Gasteiger charge is 2.59. The Morgan fingerprint density at radius 2 is 0.679 bits per heavy atom. The summed E-state index contributed by atoms with van der Waals surface area (Å²) in [5.74, 6) is 0. The molecule has 78 heavy (non-hydrogen) atoms. The lowest BCUT2D eigenvalue weighted by Gasteiger charge is -2.50. The van der Waals surface area contributed by atoms with Crippen LogP contribution in [0.25, 0.3) is 0 Å². The van der Waals surface area contributed by atoms with Crippen LogP contribution in [0.5, 0.6) is 0 Å². The average molecular weight is 1140 g/mol. The van der Waals surface area contributed by atoms with Crippen molar-refractivity contribution in [2.75, 3.05) is 52.0 Å². The highest BCUT2D eigenvalue weighted by molar-refractivity contribution is 5.62. The lowest BCUT2D eigenvalue weighted by Crippen LogP contribution is -2.69. The number of nitro groups is 1. The van der Waals surface area contributed by atoms with Gasteiger partial charge in [-0.3, -0.25) is 10.1 Å². The molecule has 22 aliphatic heterocycles. The van der Waals surface area contributed by atoms with Gasteiger partial charge < -0.3 is 154 Å². The summed E-state index contributed by atoms with van der Waals surface area (Å²) < 4.78 is 75.2. The van der Waals surface area contributed by atoms with Gasteiger partial charge in [-0.25, -0.2) is 0 Å². The third-order valence-electron chi connectivity index (χ3n) is 14.6. The number of nitro benzene ring substituents is 1. The summed E-state index contributed by atoms with van der Waals surface area (Å²) in [6, 6.07) is 4.09. The number of hydrogen-bond acceptors (Lipinski definition) is 33. The summed E-state index contributed by atoms with van der Waals surface area (Å²) >= 11 is 0. The molecule has 22 heterocycles. The Hall–Kier alpha value is -2.78. The van der Waals surface area contributed by atoms with Gasteiger partial charge in [0.2, 0.25) is 0 Å². The molecular weight excluding hydrogens is 1070 g/mol. The molecule has 0 aliphatic carbocycles. The van der Waals surface area contributed by atoms with E-state index in [0.717, 1.165) is 0 Å². The second-order valence-corrected chi connectivity index (χ2v) is 19.5. The molecule has 1 aromatic rings. The topological polar surface area (TPSA) is 519 Å². The number of rotatable bonds is 11. The number of anilines is 1. The van der Waals surface area contributed by atoms with Gasteiger partial charge in [-0.1, -0.05) is 6.07 Å². The minimum Gasteiger partial charge on any atom is -0.394 e. The van der Waals surface area contributed by atoms with Gasteiger partial charge in [0, 0.05) is 13.1 Å². The standard InChI is InChI=1S/C44H68N2O32/c1-45-13-3-2-12(4-14(13)46(64)65)10-66-11-20-38-26(57)32(63)44(72-20)77-37-19(9-51)70-42(30(61)24(37)55)75-35-17(7-49)68-40(28(59)22(35)53)73-33-15(5-47)67-39(27(58)21(33)52)74-34-16(6-48)69-41(29(60)23(34)54)76-36-18(8-50)71-43(78-38)31(62)25(36)56/h2-4,15-45,47-63H,5-11H2,1H3/t15-,16-,17-,18-,19-,20-,21-,22-,23-,24-,25-,26-,27-,28-,29-,30-,31-,32-,33-,34-,35-,36-,37-,38-,39-,40-,41-,42-,43-,44-/m1/s1. The van der Waals surface area contributed by atoms with Crippen LogP contribution in [0.4, 0.5) is 11.4 Å². The zero-order valence-electron chi connectivity index (χ0n) is 41.2. The minimum absolute atomic E-state index is 0.171. The van der Waals surface area contributed by atoms with Crippen molar-refractivity contribution in [2.45, 2.75) is 191 Å². The van der Waals surface area contributed by atoms with E-state index in [1.807, 2.05) is 0 Å². The number of nitrogens with zero attached hydrogens (tertiary/aromatic N) is 1. The van der Waals surface area contributed by atoms with E-state index in [4.69, 9.17) is 61.6 Å². The Bertz CT molecular complexity index is 2080. The van der Waals surface area contributed by atoms with Gasteiger partial charge >= 0.3 is 0 Å². The molecule has 22 saturated heterocycles. The number of aliphatic hydroxyl groups is 17. The SMILES string of the molecule is CNc1ccc(COC[C@H]2O[C@@H]3O[C@H]4[C@H](O)[C@@H](O)[C@@H](O[C@H]5[C@H](O)[C@@H](O)[C@@H](O[C@H]6[C@H](O)[C@@H](O)[C@@H](O[C@H]7[C@H](O)[C@@H](O)[C@@H](O[C@H]8[C@H](O)[C@@H](O)[C@@H](O[C@H]2[C@H](O)[C@H]3O)O[C@@H]8CO)O[C@@H]7CO)O[C@@H]6CO)O[C@@H]5CO)O[C@@H]4CO)cc1[N+](=O)[O-]. The first-order chi connectivity index (χ1) is 37.2. The third kappa shape index (κ3) is 12.3. The maximum Gasteiger partial charge on any atom is 0.292 e. The fraction of sp³-hybridized carbons (Fsp3) is 0.864. The fourth-order valence-electron chi connectivity index (χ4n) is 10.2. The average Bonchev–Trinajstić information content (AvgIpc) is 3.44. The molecule has 18 N–H and O–H groups in total. The van der Waals surface area contributed by atoms with Crippen LogP contribution in [-0.4, -0.2) is 323 Å². The van der Waals surface area contributed by atoms with Crippen molar-refractivity contribution >= 4 is 11.4 Å². The summed E-state index contributed by atoms with van der Waals surface area (Å²) in [4.78, 5) is 11.1. The molecule has 0 saturated carbocycles. The highest BCUT2D eigenvalue weighted by Crippen LogP contribution is 2.38. The normalized spacial score (nSPS) is 48.5. The quantitative estimate of drug-likeness (QED) is 0.0723. The molecule has 0 radical (unpaired) electrons. The van der Waals surface area contributed by atoms with E-state index in [1.54, 1.807) is 0 Å². The Labute approximate surface area is 440 Å². The van der Waals surface area contributed by atoms with Crippen molar-refractivity contribution in [2.24, 2.45) is 0 Å². The third-order valence-corrected chi connectivity index (χ3v) is 14.6. The molecule has 23 rings (SSSR count). The van der Waals surface area contributed by atoms with Crippen molar-refractivity contribution in [3.8, 4) is 0 Å². The smallest absolute Gasteiger partial charge is 0.292 e. The number of ether oxygens (including phenoxy) is 13. The summed E-state index contributed by atoms with van der Waals surface area (Å²) in [5.41, 5.74) is 0.109. The van der Waals surface area contributed by atoms with Crippen LogP contribution in [0.1, 0.15) is 5.56 Å². The van der Waals surface area contributed by atoms with Crippen molar-refractivity contribution < 1.29 is 153 Å². The number of hydrogen-bond donors (Lipinski definition) is 18. The van der Waals surface area contributed by atoms with E-state index in [0.29, 0.717) is 0 Å². The summed E-state index contributed by atoms with van der Waals surface area (Å²) in [7, 11) is 1.47. The molecule has 1 aromatic carbocycles. The largest absolute Gasteiger partial charge is 0.394 e. The first kappa shape index (κ1) is 61.3. The molecule has 34 nitrogen and oxygen atoms in total. The van der Waals surface area contributed by atoms with E-state index in [1.165, 1.54) is 25.2 Å². The van der Waals surface area contributed by atoms with Crippen LogP contribution >= 0.6 is 0 Å². The van der Waals surface area contributed by atoms with Crippen molar-refractivity contribution in [1.82, 2.24) is 0 Å². The van der Waals surface area contributed by atoms with E-state index < -0.39 is 229 Å². The van der Waals surface area contributed by atoms with Gasteiger partial charge in [-0.2, -0.15) is 0 Å². The molecule has 0 amide bonds. The Balaban J connectivity index is 1.11. The van der Waals surface area contributed by atoms with Gasteiger partial charge in [0.25, 0.3) is 5.69 Å². The molecule has 0 unspecified atom stereocenters.